The largest absolute Gasteiger partial charge is 0.368 e. The van der Waals surface area contributed by atoms with Crippen LogP contribution in [0.15, 0.2) is 61.2 Å². The van der Waals surface area contributed by atoms with Gasteiger partial charge in [-0.2, -0.15) is 10.1 Å². The van der Waals surface area contributed by atoms with Crippen LogP contribution in [-0.4, -0.2) is 45.3 Å². The van der Waals surface area contributed by atoms with Gasteiger partial charge in [0.05, 0.1) is 6.20 Å². The number of aromatic nitrogens is 5. The van der Waals surface area contributed by atoms with E-state index in [-0.39, 0.29) is 0 Å². The molecule has 0 amide bonds. The van der Waals surface area contributed by atoms with Gasteiger partial charge in [0.1, 0.15) is 0 Å². The van der Waals surface area contributed by atoms with Crippen molar-refractivity contribution in [2.45, 2.75) is 12.8 Å². The monoisotopic (exact) mass is 373 g/mol. The smallest absolute Gasteiger partial charge is 0.247 e. The number of H-pyrrole nitrogens is 1. The Kier molecular flexibility index (Phi) is 5.42. The predicted octanol–water partition coefficient (Wildman–Crippen LogP) is 3.08. The van der Waals surface area contributed by atoms with Crippen molar-refractivity contribution in [3.8, 4) is 0 Å². The normalized spacial score (nSPS) is 10.9. The molecule has 3 aromatic heterocycles. The number of fused-ring (bicyclic) bond motifs is 1. The predicted molar refractivity (Wildman–Crippen MR) is 112 cm³/mol. The highest BCUT2D eigenvalue weighted by Gasteiger charge is 2.07. The molecule has 0 aliphatic carbocycles. The van der Waals surface area contributed by atoms with Crippen molar-refractivity contribution in [3.05, 3.63) is 72.3 Å². The van der Waals surface area contributed by atoms with E-state index in [9.17, 15) is 0 Å². The van der Waals surface area contributed by atoms with Crippen molar-refractivity contribution in [1.29, 1.82) is 0 Å². The molecule has 0 saturated carbocycles. The molecule has 0 saturated heterocycles. The van der Waals surface area contributed by atoms with Crippen LogP contribution in [0.3, 0.4) is 0 Å². The maximum Gasteiger partial charge on any atom is 0.247 e. The van der Waals surface area contributed by atoms with Crippen LogP contribution in [0, 0.1) is 0 Å². The van der Waals surface area contributed by atoms with Gasteiger partial charge in [0, 0.05) is 49.6 Å². The third-order valence-corrected chi connectivity index (χ3v) is 4.75. The van der Waals surface area contributed by atoms with Gasteiger partial charge in [-0.3, -0.25) is 4.98 Å². The van der Waals surface area contributed by atoms with Crippen LogP contribution in [0.1, 0.15) is 11.1 Å². The van der Waals surface area contributed by atoms with E-state index in [0.717, 1.165) is 31.7 Å². The lowest BCUT2D eigenvalue weighted by atomic mass is 10.1. The van der Waals surface area contributed by atoms with Crippen LogP contribution in [0.2, 0.25) is 0 Å². The zero-order valence-corrected chi connectivity index (χ0v) is 15.8. The molecule has 0 fully saturated rings. The molecule has 0 bridgehead atoms. The van der Waals surface area contributed by atoms with Gasteiger partial charge in [-0.25, -0.2) is 0 Å². The molecule has 7 nitrogen and oxygen atoms in total. The molecule has 4 aromatic rings. The average Bonchev–Trinajstić information content (AvgIpc) is 3.16. The number of nitrogens with one attached hydrogen (secondary N) is 2. The molecule has 4 rings (SSSR count). The summed E-state index contributed by atoms with van der Waals surface area (Å²) >= 11 is 0. The standard InChI is InChI=1S/C21H23N7/c1-28(13-9-16-6-10-22-11-7-16)21-26-20(15-25-27-21)23-12-8-17-14-24-19-5-3-2-4-18(17)19/h2-7,10-11,14-15,24H,8-9,12-13H2,1H3,(H,23,26,27). The van der Waals surface area contributed by atoms with Crippen LogP contribution < -0.4 is 10.2 Å². The Hall–Kier alpha value is -3.48. The molecule has 28 heavy (non-hydrogen) atoms. The first-order valence-electron chi connectivity index (χ1n) is 9.38. The van der Waals surface area contributed by atoms with Gasteiger partial charge >= 0.3 is 0 Å². The second-order valence-corrected chi connectivity index (χ2v) is 6.70. The number of para-hydroxylation sites is 1. The minimum atomic E-state index is 0.617. The van der Waals surface area contributed by atoms with Crippen LogP contribution in [0.25, 0.3) is 10.9 Å². The summed E-state index contributed by atoms with van der Waals surface area (Å²) in [5, 5.41) is 12.9. The number of pyridine rings is 1. The first kappa shape index (κ1) is 17.9. The molecule has 2 N–H and O–H groups in total. The van der Waals surface area contributed by atoms with Crippen LogP contribution in [0.5, 0.6) is 0 Å². The summed E-state index contributed by atoms with van der Waals surface area (Å²) in [7, 11) is 1.98. The van der Waals surface area contributed by atoms with Crippen molar-refractivity contribution in [2.75, 3.05) is 30.4 Å². The van der Waals surface area contributed by atoms with Gasteiger partial charge < -0.3 is 15.2 Å². The molecule has 7 heteroatoms. The van der Waals surface area contributed by atoms with Gasteiger partial charge in [0.15, 0.2) is 5.82 Å². The van der Waals surface area contributed by atoms with Crippen LogP contribution in [-0.2, 0) is 12.8 Å². The number of aromatic amines is 1. The van der Waals surface area contributed by atoms with E-state index in [2.05, 4.69) is 54.9 Å². The molecule has 0 aliphatic heterocycles. The lowest BCUT2D eigenvalue weighted by Gasteiger charge is -2.17. The zero-order chi connectivity index (χ0) is 19.2. The summed E-state index contributed by atoms with van der Waals surface area (Å²) in [6, 6.07) is 12.4. The number of rotatable bonds is 8. The van der Waals surface area contributed by atoms with Gasteiger partial charge in [0.25, 0.3) is 0 Å². The fourth-order valence-electron chi connectivity index (χ4n) is 3.15. The van der Waals surface area contributed by atoms with Crippen LogP contribution in [0.4, 0.5) is 11.8 Å². The molecule has 0 aliphatic rings. The summed E-state index contributed by atoms with van der Waals surface area (Å²) < 4.78 is 0. The fraction of sp³-hybridized carbons (Fsp3) is 0.238. The van der Waals surface area contributed by atoms with E-state index in [1.165, 1.54) is 22.0 Å². The van der Waals surface area contributed by atoms with Gasteiger partial charge in [-0.05, 0) is 42.2 Å². The van der Waals surface area contributed by atoms with Crippen molar-refractivity contribution in [3.63, 3.8) is 0 Å². The highest BCUT2D eigenvalue weighted by Crippen LogP contribution is 2.18. The van der Waals surface area contributed by atoms with E-state index in [4.69, 9.17) is 0 Å². The minimum absolute atomic E-state index is 0.617. The Bertz CT molecular complexity index is 1030. The number of hydrogen-bond donors (Lipinski definition) is 2. The Morgan fingerprint density at radius 1 is 1.07 bits per heavy atom. The van der Waals surface area contributed by atoms with E-state index >= 15 is 0 Å². The highest BCUT2D eigenvalue weighted by atomic mass is 15.3. The maximum absolute atomic E-state index is 4.59. The van der Waals surface area contributed by atoms with Gasteiger partial charge in [0.2, 0.25) is 5.95 Å². The van der Waals surface area contributed by atoms with E-state index in [0.29, 0.717) is 5.95 Å². The third kappa shape index (κ3) is 4.25. The third-order valence-electron chi connectivity index (χ3n) is 4.75. The van der Waals surface area contributed by atoms with Crippen molar-refractivity contribution < 1.29 is 0 Å². The van der Waals surface area contributed by atoms with E-state index in [1.54, 1.807) is 6.20 Å². The van der Waals surface area contributed by atoms with Gasteiger partial charge in [-0.15, -0.1) is 5.10 Å². The Morgan fingerprint density at radius 3 is 2.82 bits per heavy atom. The number of hydrogen-bond acceptors (Lipinski definition) is 6. The van der Waals surface area contributed by atoms with Crippen molar-refractivity contribution >= 4 is 22.7 Å². The molecule has 0 unspecified atom stereocenters. The molecule has 0 radical (unpaired) electrons. The topological polar surface area (TPSA) is 82.6 Å². The van der Waals surface area contributed by atoms with Crippen molar-refractivity contribution in [1.82, 2.24) is 25.1 Å². The number of likely N-dealkylation sites (N-methyl/N-ethyl adjacent to an activating group) is 1. The minimum Gasteiger partial charge on any atom is -0.368 e. The van der Waals surface area contributed by atoms with Gasteiger partial charge in [-0.1, -0.05) is 18.2 Å². The molecule has 0 spiro atoms. The Balaban J connectivity index is 1.33. The first-order chi connectivity index (χ1) is 13.8. The summed E-state index contributed by atoms with van der Waals surface area (Å²) in [6.45, 7) is 1.59. The van der Waals surface area contributed by atoms with Crippen LogP contribution >= 0.6 is 0 Å². The summed E-state index contributed by atoms with van der Waals surface area (Å²) in [5.74, 6) is 1.35. The lowest BCUT2D eigenvalue weighted by molar-refractivity contribution is 0.809. The maximum atomic E-state index is 4.59. The highest BCUT2D eigenvalue weighted by molar-refractivity contribution is 5.83. The first-order valence-corrected chi connectivity index (χ1v) is 9.38. The molecular formula is C21H23N7. The molecule has 0 atom stereocenters. The second-order valence-electron chi connectivity index (χ2n) is 6.70. The summed E-state index contributed by atoms with van der Waals surface area (Å²) in [6.07, 6.45) is 9.16. The summed E-state index contributed by atoms with van der Waals surface area (Å²) in [5.41, 5.74) is 3.70. The molecule has 1 aromatic carbocycles. The van der Waals surface area contributed by atoms with E-state index in [1.807, 2.05) is 42.5 Å². The average molecular weight is 373 g/mol. The molecule has 3 heterocycles. The lowest BCUT2D eigenvalue weighted by Crippen LogP contribution is -2.23. The molecular weight excluding hydrogens is 350 g/mol. The summed E-state index contributed by atoms with van der Waals surface area (Å²) in [4.78, 5) is 14.0. The molecule has 142 valence electrons. The Labute approximate surface area is 163 Å². The fourth-order valence-corrected chi connectivity index (χ4v) is 3.15. The van der Waals surface area contributed by atoms with E-state index < -0.39 is 0 Å². The van der Waals surface area contributed by atoms with Crippen molar-refractivity contribution in [2.24, 2.45) is 0 Å². The quantitative estimate of drug-likeness (QED) is 0.494. The number of benzene rings is 1. The zero-order valence-electron chi connectivity index (χ0n) is 15.8. The Morgan fingerprint density at radius 2 is 1.93 bits per heavy atom. The SMILES string of the molecule is CN(CCc1ccncc1)c1nncc(NCCc2c[nH]c3ccccc23)n1. The number of nitrogens with zero attached hydrogens (tertiary/aromatic N) is 5. The number of anilines is 2. The second kappa shape index (κ2) is 8.47.